The average Bonchev–Trinajstić information content (AvgIpc) is 3.12. The highest BCUT2D eigenvalue weighted by molar-refractivity contribution is 7.15. The molecule has 3 aromatic heterocycles. The molecule has 106 valence electrons. The second-order valence-corrected chi connectivity index (χ2v) is 5.58. The molecule has 1 N–H and O–H groups in total. The van der Waals surface area contributed by atoms with E-state index in [2.05, 4.69) is 40.2 Å². The molecule has 0 saturated heterocycles. The number of fused-ring (bicyclic) bond motifs is 1. The molecular formula is C14H18N4OS. The lowest BCUT2D eigenvalue weighted by Crippen LogP contribution is -2.21. The summed E-state index contributed by atoms with van der Waals surface area (Å²) in [5.41, 5.74) is 2.35. The van der Waals surface area contributed by atoms with Crippen molar-refractivity contribution in [2.45, 2.75) is 20.0 Å². The van der Waals surface area contributed by atoms with E-state index in [4.69, 9.17) is 9.40 Å². The van der Waals surface area contributed by atoms with Gasteiger partial charge in [0.05, 0.1) is 18.2 Å². The molecule has 0 bridgehead atoms. The molecule has 0 aliphatic heterocycles. The maximum absolute atomic E-state index is 5.13. The summed E-state index contributed by atoms with van der Waals surface area (Å²) in [6, 6.07) is 1.99. The maximum atomic E-state index is 5.13. The Balaban J connectivity index is 1.90. The molecular weight excluding hydrogens is 272 g/mol. The minimum atomic E-state index is 0.792. The Kier molecular flexibility index (Phi) is 3.75. The van der Waals surface area contributed by atoms with Crippen molar-refractivity contribution in [1.29, 1.82) is 0 Å². The lowest BCUT2D eigenvalue weighted by molar-refractivity contribution is 0.563. The Morgan fingerprint density at radius 2 is 2.40 bits per heavy atom. The van der Waals surface area contributed by atoms with E-state index in [0.717, 1.165) is 36.0 Å². The second kappa shape index (κ2) is 5.68. The normalized spacial score (nSPS) is 11.3. The zero-order valence-electron chi connectivity index (χ0n) is 11.7. The van der Waals surface area contributed by atoms with Crippen LogP contribution in [0.3, 0.4) is 0 Å². The average molecular weight is 290 g/mol. The third-order valence-electron chi connectivity index (χ3n) is 3.24. The largest absolute Gasteiger partial charge is 0.472 e. The lowest BCUT2D eigenvalue weighted by Gasteiger charge is -2.17. The maximum Gasteiger partial charge on any atom is 0.195 e. The number of anilines is 1. The van der Waals surface area contributed by atoms with Crippen LogP contribution in [0.1, 0.15) is 18.2 Å². The summed E-state index contributed by atoms with van der Waals surface area (Å²) in [6.45, 7) is 4.67. The van der Waals surface area contributed by atoms with Crippen molar-refractivity contribution in [2.24, 2.45) is 0 Å². The third kappa shape index (κ3) is 2.44. The van der Waals surface area contributed by atoms with Crippen molar-refractivity contribution >= 4 is 22.1 Å². The first kappa shape index (κ1) is 13.2. The van der Waals surface area contributed by atoms with Gasteiger partial charge >= 0.3 is 0 Å². The van der Waals surface area contributed by atoms with Gasteiger partial charge in [-0.1, -0.05) is 6.92 Å². The quantitative estimate of drug-likeness (QED) is 0.758. The fraction of sp³-hybridized carbons (Fsp3) is 0.357. The van der Waals surface area contributed by atoms with Crippen LogP contribution in [0.5, 0.6) is 0 Å². The number of nitrogens with zero attached hydrogens (tertiary/aromatic N) is 3. The van der Waals surface area contributed by atoms with E-state index in [1.165, 1.54) is 5.69 Å². The summed E-state index contributed by atoms with van der Waals surface area (Å²) >= 11 is 1.66. The van der Waals surface area contributed by atoms with Crippen molar-refractivity contribution in [2.75, 3.05) is 18.5 Å². The molecule has 3 heterocycles. The number of imidazole rings is 1. The fourth-order valence-corrected chi connectivity index (χ4v) is 2.99. The van der Waals surface area contributed by atoms with Gasteiger partial charge < -0.3 is 14.6 Å². The van der Waals surface area contributed by atoms with Crippen molar-refractivity contribution in [1.82, 2.24) is 14.7 Å². The van der Waals surface area contributed by atoms with Crippen molar-refractivity contribution in [3.05, 3.63) is 41.4 Å². The lowest BCUT2D eigenvalue weighted by atomic mass is 10.3. The standard InChI is InChI=1S/C14H18N4OS/c1-3-15-8-12-13(16-14-18(12)5-7-20-14)17(2)9-11-4-6-19-10-11/h4-7,10,15H,3,8-9H2,1-2H3. The van der Waals surface area contributed by atoms with E-state index in [1.807, 2.05) is 6.07 Å². The Morgan fingerprint density at radius 1 is 1.50 bits per heavy atom. The molecule has 3 aromatic rings. The van der Waals surface area contributed by atoms with E-state index >= 15 is 0 Å². The molecule has 0 aliphatic carbocycles. The molecule has 0 radical (unpaired) electrons. The van der Waals surface area contributed by atoms with E-state index in [-0.39, 0.29) is 0 Å². The van der Waals surface area contributed by atoms with Crippen LogP contribution in [0.2, 0.25) is 0 Å². The van der Waals surface area contributed by atoms with Crippen LogP contribution in [0.25, 0.3) is 4.96 Å². The van der Waals surface area contributed by atoms with E-state index in [9.17, 15) is 0 Å². The number of aromatic nitrogens is 2. The molecule has 20 heavy (non-hydrogen) atoms. The Bertz CT molecular complexity index is 671. The SMILES string of the molecule is CCNCc1c(N(C)Cc2ccoc2)nc2sccn12. The van der Waals surface area contributed by atoms with Gasteiger partial charge in [0, 0.05) is 37.3 Å². The van der Waals surface area contributed by atoms with Gasteiger partial charge in [0.1, 0.15) is 0 Å². The minimum absolute atomic E-state index is 0.792. The highest BCUT2D eigenvalue weighted by atomic mass is 32.1. The third-order valence-corrected chi connectivity index (χ3v) is 4.00. The molecule has 0 unspecified atom stereocenters. The number of nitrogens with one attached hydrogen (secondary N) is 1. The molecule has 0 amide bonds. The number of hydrogen-bond acceptors (Lipinski definition) is 5. The molecule has 0 fully saturated rings. The first-order valence-electron chi connectivity index (χ1n) is 6.67. The van der Waals surface area contributed by atoms with Crippen LogP contribution in [0, 0.1) is 0 Å². The first-order chi connectivity index (χ1) is 9.79. The molecule has 0 aliphatic rings. The smallest absolute Gasteiger partial charge is 0.195 e. The molecule has 0 spiro atoms. The van der Waals surface area contributed by atoms with Crippen molar-refractivity contribution < 1.29 is 4.42 Å². The second-order valence-electron chi connectivity index (χ2n) is 4.71. The summed E-state index contributed by atoms with van der Waals surface area (Å²) in [5.74, 6) is 1.03. The van der Waals surface area contributed by atoms with Crippen LogP contribution in [-0.2, 0) is 13.1 Å². The van der Waals surface area contributed by atoms with E-state index < -0.39 is 0 Å². The van der Waals surface area contributed by atoms with Gasteiger partial charge in [0.2, 0.25) is 0 Å². The highest BCUT2D eigenvalue weighted by Crippen LogP contribution is 2.25. The Hall–Kier alpha value is -1.79. The monoisotopic (exact) mass is 290 g/mol. The molecule has 5 nitrogen and oxygen atoms in total. The summed E-state index contributed by atoms with van der Waals surface area (Å²) in [5, 5.41) is 5.45. The summed E-state index contributed by atoms with van der Waals surface area (Å²) < 4.78 is 7.29. The summed E-state index contributed by atoms with van der Waals surface area (Å²) in [6.07, 6.45) is 5.56. The number of hydrogen-bond donors (Lipinski definition) is 1. The highest BCUT2D eigenvalue weighted by Gasteiger charge is 2.16. The molecule has 0 saturated carbocycles. The van der Waals surface area contributed by atoms with E-state index in [1.54, 1.807) is 23.9 Å². The molecule has 3 rings (SSSR count). The van der Waals surface area contributed by atoms with Gasteiger partial charge in [-0.15, -0.1) is 11.3 Å². The topological polar surface area (TPSA) is 45.7 Å². The summed E-state index contributed by atoms with van der Waals surface area (Å²) in [7, 11) is 2.06. The van der Waals surface area contributed by atoms with Crippen LogP contribution < -0.4 is 10.2 Å². The van der Waals surface area contributed by atoms with Gasteiger partial charge in [0.25, 0.3) is 0 Å². The molecule has 0 atom stereocenters. The van der Waals surface area contributed by atoms with Gasteiger partial charge in [-0.25, -0.2) is 4.98 Å². The molecule has 0 aromatic carbocycles. The van der Waals surface area contributed by atoms with Gasteiger partial charge in [0.15, 0.2) is 10.8 Å². The Morgan fingerprint density at radius 3 is 3.15 bits per heavy atom. The fourth-order valence-electron chi connectivity index (χ4n) is 2.27. The van der Waals surface area contributed by atoms with Gasteiger partial charge in [-0.3, -0.25) is 4.40 Å². The van der Waals surface area contributed by atoms with E-state index in [0.29, 0.717) is 0 Å². The van der Waals surface area contributed by atoms with Gasteiger partial charge in [-0.05, 0) is 12.6 Å². The van der Waals surface area contributed by atoms with Crippen LogP contribution in [-0.4, -0.2) is 23.0 Å². The van der Waals surface area contributed by atoms with Gasteiger partial charge in [-0.2, -0.15) is 0 Å². The van der Waals surface area contributed by atoms with Crippen molar-refractivity contribution in [3.63, 3.8) is 0 Å². The number of furan rings is 1. The first-order valence-corrected chi connectivity index (χ1v) is 7.55. The zero-order valence-corrected chi connectivity index (χ0v) is 12.5. The Labute approximate surface area is 121 Å². The predicted octanol–water partition coefficient (Wildman–Crippen LogP) is 2.73. The van der Waals surface area contributed by atoms with Crippen LogP contribution in [0.4, 0.5) is 5.82 Å². The summed E-state index contributed by atoms with van der Waals surface area (Å²) in [4.78, 5) is 7.94. The number of rotatable bonds is 6. The van der Waals surface area contributed by atoms with Crippen LogP contribution >= 0.6 is 11.3 Å². The molecule has 6 heteroatoms. The number of thiazole rings is 1. The predicted molar refractivity (Wildman–Crippen MR) is 81.3 cm³/mol. The van der Waals surface area contributed by atoms with Crippen LogP contribution in [0.15, 0.2) is 34.6 Å². The van der Waals surface area contributed by atoms with Crippen molar-refractivity contribution in [3.8, 4) is 0 Å². The minimum Gasteiger partial charge on any atom is -0.472 e. The zero-order chi connectivity index (χ0) is 13.9.